The molecule has 0 fully saturated rings. The third kappa shape index (κ3) is 3.69. The van der Waals surface area contributed by atoms with Crippen molar-refractivity contribution in [3.8, 4) is 0 Å². The van der Waals surface area contributed by atoms with Gasteiger partial charge in [0.25, 0.3) is 0 Å². The maximum Gasteiger partial charge on any atom is 0.246 e. The summed E-state index contributed by atoms with van der Waals surface area (Å²) in [6.07, 6.45) is 1.97. The fourth-order valence-corrected chi connectivity index (χ4v) is 3.66. The fraction of sp³-hybridized carbons (Fsp3) is 0.357. The van der Waals surface area contributed by atoms with Gasteiger partial charge in [0.15, 0.2) is 0 Å². The molecule has 0 saturated heterocycles. The Labute approximate surface area is 125 Å². The smallest absolute Gasteiger partial charge is 0.246 e. The predicted octanol–water partition coefficient (Wildman–Crippen LogP) is 1.26. The molecule has 21 heavy (non-hydrogen) atoms. The largest absolute Gasteiger partial charge is 0.330 e. The van der Waals surface area contributed by atoms with Gasteiger partial charge in [-0.05, 0) is 25.5 Å². The Morgan fingerprint density at radius 1 is 1.29 bits per heavy atom. The summed E-state index contributed by atoms with van der Waals surface area (Å²) in [6, 6.07) is 9.52. The number of H-pyrrole nitrogens is 1. The first-order chi connectivity index (χ1) is 10.1. The predicted molar refractivity (Wildman–Crippen MR) is 81.0 cm³/mol. The molecule has 0 spiro atoms. The van der Waals surface area contributed by atoms with Gasteiger partial charge in [0.05, 0.1) is 11.9 Å². The number of nitrogens with zero attached hydrogens (tertiary/aromatic N) is 2. The molecular weight excluding hydrogens is 288 g/mol. The lowest BCUT2D eigenvalue weighted by atomic mass is 10.2. The minimum Gasteiger partial charge on any atom is -0.330 e. The molecule has 1 aromatic carbocycles. The van der Waals surface area contributed by atoms with Crippen LogP contribution >= 0.6 is 0 Å². The summed E-state index contributed by atoms with van der Waals surface area (Å²) in [7, 11) is -3.57. The van der Waals surface area contributed by atoms with Gasteiger partial charge in [-0.3, -0.25) is 5.10 Å². The molecule has 1 aromatic heterocycles. The van der Waals surface area contributed by atoms with E-state index in [9.17, 15) is 8.42 Å². The second kappa shape index (κ2) is 6.84. The van der Waals surface area contributed by atoms with E-state index in [1.54, 1.807) is 6.92 Å². The van der Waals surface area contributed by atoms with Crippen molar-refractivity contribution in [2.75, 3.05) is 13.1 Å². The summed E-state index contributed by atoms with van der Waals surface area (Å²) in [6.45, 7) is 2.86. The normalized spacial score (nSPS) is 12.0. The number of nitrogens with two attached hydrogens (primary N) is 1. The Balaban J connectivity index is 2.29. The molecule has 0 bridgehead atoms. The van der Waals surface area contributed by atoms with Crippen LogP contribution in [-0.4, -0.2) is 36.0 Å². The number of sulfonamides is 1. The molecule has 2 rings (SSSR count). The number of benzene rings is 1. The number of rotatable bonds is 7. The zero-order valence-electron chi connectivity index (χ0n) is 12.0. The molecule has 0 aliphatic heterocycles. The van der Waals surface area contributed by atoms with Crippen molar-refractivity contribution >= 4 is 10.0 Å². The summed E-state index contributed by atoms with van der Waals surface area (Å²) < 4.78 is 27.0. The summed E-state index contributed by atoms with van der Waals surface area (Å²) in [5.74, 6) is 0. The van der Waals surface area contributed by atoms with Crippen LogP contribution in [0.25, 0.3) is 0 Å². The third-order valence-electron chi connectivity index (χ3n) is 3.21. The molecule has 0 unspecified atom stereocenters. The van der Waals surface area contributed by atoms with E-state index in [0.29, 0.717) is 31.7 Å². The highest BCUT2D eigenvalue weighted by Crippen LogP contribution is 2.20. The number of nitrogens with one attached hydrogen (secondary N) is 1. The first kappa shape index (κ1) is 15.7. The number of aryl methyl sites for hydroxylation is 1. The van der Waals surface area contributed by atoms with Gasteiger partial charge >= 0.3 is 0 Å². The lowest BCUT2D eigenvalue weighted by molar-refractivity contribution is 0.401. The monoisotopic (exact) mass is 308 g/mol. The lowest BCUT2D eigenvalue weighted by Crippen LogP contribution is -2.32. The second-order valence-corrected chi connectivity index (χ2v) is 6.73. The minimum atomic E-state index is -3.57. The van der Waals surface area contributed by atoms with Crippen LogP contribution in [-0.2, 0) is 16.6 Å². The Hall–Kier alpha value is -1.70. The van der Waals surface area contributed by atoms with E-state index in [0.717, 1.165) is 5.56 Å². The van der Waals surface area contributed by atoms with Gasteiger partial charge in [-0.25, -0.2) is 8.42 Å². The molecule has 7 heteroatoms. The van der Waals surface area contributed by atoms with Gasteiger partial charge in [-0.15, -0.1) is 0 Å². The van der Waals surface area contributed by atoms with Crippen molar-refractivity contribution in [2.45, 2.75) is 24.8 Å². The molecule has 0 atom stereocenters. The SMILES string of the molecule is Cc1[nH]ncc1S(=O)(=O)N(CCCN)Cc1ccccc1. The molecular formula is C14H20N4O2S. The van der Waals surface area contributed by atoms with Crippen molar-refractivity contribution < 1.29 is 8.42 Å². The highest BCUT2D eigenvalue weighted by atomic mass is 32.2. The quantitative estimate of drug-likeness (QED) is 0.805. The highest BCUT2D eigenvalue weighted by Gasteiger charge is 2.27. The van der Waals surface area contributed by atoms with E-state index in [4.69, 9.17) is 5.73 Å². The minimum absolute atomic E-state index is 0.218. The van der Waals surface area contributed by atoms with Crippen LogP contribution < -0.4 is 5.73 Å². The van der Waals surface area contributed by atoms with Gasteiger partial charge in [0, 0.05) is 13.1 Å². The van der Waals surface area contributed by atoms with Crippen molar-refractivity contribution in [3.63, 3.8) is 0 Å². The third-order valence-corrected chi connectivity index (χ3v) is 5.17. The average molecular weight is 308 g/mol. The van der Waals surface area contributed by atoms with E-state index >= 15 is 0 Å². The molecule has 0 amide bonds. The van der Waals surface area contributed by atoms with Crippen LogP contribution in [0.4, 0.5) is 0 Å². The number of aromatic nitrogens is 2. The van der Waals surface area contributed by atoms with Crippen molar-refractivity contribution in [1.82, 2.24) is 14.5 Å². The number of aromatic amines is 1. The summed E-state index contributed by atoms with van der Waals surface area (Å²) in [5.41, 5.74) is 7.01. The molecule has 0 saturated carbocycles. The molecule has 6 nitrogen and oxygen atoms in total. The van der Waals surface area contributed by atoms with Crippen LogP contribution in [0.5, 0.6) is 0 Å². The Morgan fingerprint density at radius 2 is 2.00 bits per heavy atom. The Bertz CT molecular complexity index is 667. The Morgan fingerprint density at radius 3 is 2.57 bits per heavy atom. The molecule has 2 aromatic rings. The maximum absolute atomic E-state index is 12.7. The first-order valence-corrected chi connectivity index (χ1v) is 8.24. The van der Waals surface area contributed by atoms with E-state index in [1.165, 1.54) is 10.5 Å². The molecule has 114 valence electrons. The summed E-state index contributed by atoms with van der Waals surface area (Å²) in [5, 5.41) is 6.47. The van der Waals surface area contributed by atoms with Gasteiger partial charge < -0.3 is 5.73 Å². The van der Waals surface area contributed by atoms with Crippen molar-refractivity contribution in [3.05, 3.63) is 47.8 Å². The molecule has 1 heterocycles. The van der Waals surface area contributed by atoms with Crippen LogP contribution in [0.3, 0.4) is 0 Å². The van der Waals surface area contributed by atoms with Gasteiger partial charge in [0.1, 0.15) is 4.90 Å². The molecule has 0 radical (unpaired) electrons. The zero-order chi connectivity index (χ0) is 15.3. The number of hydrogen-bond donors (Lipinski definition) is 2. The topological polar surface area (TPSA) is 92.1 Å². The van der Waals surface area contributed by atoms with Gasteiger partial charge in [-0.1, -0.05) is 30.3 Å². The lowest BCUT2D eigenvalue weighted by Gasteiger charge is -2.21. The van der Waals surface area contributed by atoms with Crippen molar-refractivity contribution in [2.24, 2.45) is 5.73 Å². The van der Waals surface area contributed by atoms with Crippen LogP contribution in [0.1, 0.15) is 17.7 Å². The summed E-state index contributed by atoms with van der Waals surface area (Å²) in [4.78, 5) is 0.218. The number of hydrogen-bond acceptors (Lipinski definition) is 4. The first-order valence-electron chi connectivity index (χ1n) is 6.80. The molecule has 0 aliphatic rings. The average Bonchev–Trinajstić information content (AvgIpc) is 2.91. The summed E-state index contributed by atoms with van der Waals surface area (Å²) >= 11 is 0. The standard InChI is InChI=1S/C14H20N4O2S/c1-12-14(10-16-17-12)21(19,20)18(9-5-8-15)11-13-6-3-2-4-7-13/h2-4,6-7,10H,5,8-9,11,15H2,1H3,(H,16,17). The fourth-order valence-electron chi connectivity index (χ4n) is 2.08. The van der Waals surface area contributed by atoms with E-state index in [-0.39, 0.29) is 4.90 Å². The van der Waals surface area contributed by atoms with E-state index < -0.39 is 10.0 Å². The molecule has 3 N–H and O–H groups in total. The van der Waals surface area contributed by atoms with E-state index in [2.05, 4.69) is 10.2 Å². The zero-order valence-corrected chi connectivity index (χ0v) is 12.8. The van der Waals surface area contributed by atoms with Crippen LogP contribution in [0.15, 0.2) is 41.4 Å². The van der Waals surface area contributed by atoms with Crippen molar-refractivity contribution in [1.29, 1.82) is 0 Å². The van der Waals surface area contributed by atoms with Gasteiger partial charge in [0.2, 0.25) is 10.0 Å². The van der Waals surface area contributed by atoms with Crippen LogP contribution in [0.2, 0.25) is 0 Å². The second-order valence-electron chi connectivity index (χ2n) is 4.83. The van der Waals surface area contributed by atoms with Gasteiger partial charge in [-0.2, -0.15) is 9.40 Å². The molecule has 0 aliphatic carbocycles. The van der Waals surface area contributed by atoms with Crippen LogP contribution in [0, 0.1) is 6.92 Å². The Kier molecular flexibility index (Phi) is 5.11. The van der Waals surface area contributed by atoms with E-state index in [1.807, 2.05) is 30.3 Å². The highest BCUT2D eigenvalue weighted by molar-refractivity contribution is 7.89. The maximum atomic E-state index is 12.7.